The number of aliphatic carboxylic acids is 1. The van der Waals surface area contributed by atoms with Crippen LogP contribution in [0.2, 0.25) is 0 Å². The van der Waals surface area contributed by atoms with Crippen molar-refractivity contribution in [1.82, 2.24) is 0 Å². The Morgan fingerprint density at radius 1 is 0.933 bits per heavy atom. The van der Waals surface area contributed by atoms with Crippen molar-refractivity contribution < 1.29 is 29.6 Å². The molecule has 5 aliphatic carbocycles. The van der Waals surface area contributed by atoms with Crippen LogP contribution in [0.15, 0.2) is 42.5 Å². The van der Waals surface area contributed by atoms with Crippen LogP contribution in [0.3, 0.4) is 0 Å². The third-order valence-corrected chi connectivity index (χ3v) is 14.9. The van der Waals surface area contributed by atoms with Gasteiger partial charge in [-0.2, -0.15) is 0 Å². The van der Waals surface area contributed by atoms with Crippen LogP contribution in [0.1, 0.15) is 104 Å². The van der Waals surface area contributed by atoms with Gasteiger partial charge in [-0.1, -0.05) is 52.0 Å². The monoisotopic (exact) mass is 618 g/mol. The molecule has 246 valence electrons. The zero-order valence-corrected chi connectivity index (χ0v) is 28.0. The zero-order valence-electron chi connectivity index (χ0n) is 28.0. The van der Waals surface area contributed by atoms with E-state index in [1.54, 1.807) is 30.3 Å². The molecule has 5 fully saturated rings. The van der Waals surface area contributed by atoms with E-state index in [0.717, 1.165) is 62.5 Å². The number of carbonyl (C=O) groups is 2. The van der Waals surface area contributed by atoms with Crippen LogP contribution in [0, 0.1) is 56.7 Å². The van der Waals surface area contributed by atoms with Gasteiger partial charge < -0.3 is 20.1 Å². The lowest BCUT2D eigenvalue weighted by Crippen LogP contribution is -2.69. The van der Waals surface area contributed by atoms with Crippen molar-refractivity contribution in [2.24, 2.45) is 56.7 Å². The van der Waals surface area contributed by atoms with Gasteiger partial charge in [0.1, 0.15) is 5.75 Å². The zero-order chi connectivity index (χ0) is 32.6. The van der Waals surface area contributed by atoms with Crippen molar-refractivity contribution in [2.45, 2.75) is 105 Å². The smallest absolute Gasteiger partial charge is 0.330 e. The maximum Gasteiger partial charge on any atom is 0.330 e. The first-order valence-corrected chi connectivity index (χ1v) is 17.3. The van der Waals surface area contributed by atoms with E-state index < -0.39 is 11.4 Å². The topological polar surface area (TPSA) is 104 Å². The number of carboxylic acids is 1. The number of allylic oxidation sites excluding steroid dienone is 1. The van der Waals surface area contributed by atoms with E-state index in [1.807, 2.05) is 0 Å². The third kappa shape index (κ3) is 4.66. The first-order valence-electron chi connectivity index (χ1n) is 17.3. The van der Waals surface area contributed by atoms with Crippen LogP contribution in [0.4, 0.5) is 0 Å². The molecule has 3 unspecified atom stereocenters. The summed E-state index contributed by atoms with van der Waals surface area (Å²) in [6.45, 7) is 16.2. The van der Waals surface area contributed by atoms with Crippen LogP contribution in [-0.4, -0.2) is 40.0 Å². The summed E-state index contributed by atoms with van der Waals surface area (Å²) in [5, 5.41) is 31.5. The molecule has 10 atom stereocenters. The SMILES string of the molecule is C=C(C)[C@@H]1CC[C@]2(C(=O)O)CC[C@]3(COC(=O)/C=C/c4ccc(O)cc4)[C@H](CCC4[C@@]5(C)CC[C@H](O)C(C)(C)C5CC[C@]43C)C12. The van der Waals surface area contributed by atoms with Crippen LogP contribution in [0.5, 0.6) is 5.75 Å². The lowest BCUT2D eigenvalue weighted by Gasteiger charge is -2.73. The molecule has 6 nitrogen and oxygen atoms in total. The van der Waals surface area contributed by atoms with Gasteiger partial charge in [0.15, 0.2) is 0 Å². The molecule has 0 amide bonds. The molecule has 0 saturated heterocycles. The number of hydrogen-bond acceptors (Lipinski definition) is 5. The van der Waals surface area contributed by atoms with Gasteiger partial charge in [0.2, 0.25) is 0 Å². The fourth-order valence-corrected chi connectivity index (χ4v) is 12.6. The van der Waals surface area contributed by atoms with Gasteiger partial charge in [-0.05, 0) is 141 Å². The molecular weight excluding hydrogens is 564 g/mol. The molecule has 6 heteroatoms. The highest BCUT2D eigenvalue weighted by Crippen LogP contribution is 2.77. The maximum absolute atomic E-state index is 13.4. The summed E-state index contributed by atoms with van der Waals surface area (Å²) in [5.41, 5.74) is 0.562. The number of fused-ring (bicyclic) bond motifs is 7. The number of ether oxygens (including phenoxy) is 1. The standard InChI is InChI=1S/C39H54O6/c1-24(2)27-15-20-38(34(43)44)21-22-39(23-45-32(42)14-9-25-7-10-26(40)11-8-25)28(33(27)38)12-13-30-36(5)18-17-31(41)35(3,4)29(36)16-19-37(30,39)6/h7-11,14,27-31,33,40-41H,1,12-13,15-23H2,2-6H3,(H,43,44)/b14-9+/t27-,28+,29?,30?,31-,33?,36-,37+,38-,39-/m0/s1. The van der Waals surface area contributed by atoms with E-state index in [2.05, 4.69) is 41.2 Å². The number of aliphatic hydroxyl groups excluding tert-OH is 1. The quantitative estimate of drug-likeness (QED) is 0.169. The molecule has 0 bridgehead atoms. The van der Waals surface area contributed by atoms with Crippen molar-refractivity contribution in [2.75, 3.05) is 6.61 Å². The first kappa shape index (κ1) is 32.3. The number of phenols is 1. The highest BCUT2D eigenvalue weighted by Gasteiger charge is 2.73. The van der Waals surface area contributed by atoms with Gasteiger partial charge in [0.25, 0.3) is 0 Å². The molecule has 6 rings (SSSR count). The van der Waals surface area contributed by atoms with Crippen molar-refractivity contribution in [1.29, 1.82) is 0 Å². The molecule has 0 aliphatic heterocycles. The maximum atomic E-state index is 13.4. The molecule has 0 aromatic heterocycles. The lowest BCUT2D eigenvalue weighted by molar-refractivity contribution is -0.263. The Balaban J connectivity index is 1.40. The summed E-state index contributed by atoms with van der Waals surface area (Å²) < 4.78 is 6.28. The summed E-state index contributed by atoms with van der Waals surface area (Å²) in [5.74, 6) is 0.212. The number of benzene rings is 1. The molecule has 0 spiro atoms. The summed E-state index contributed by atoms with van der Waals surface area (Å²) in [4.78, 5) is 26.5. The number of hydrogen-bond donors (Lipinski definition) is 3. The van der Waals surface area contributed by atoms with E-state index in [4.69, 9.17) is 4.74 Å². The Bertz CT molecular complexity index is 1380. The summed E-state index contributed by atoms with van der Waals surface area (Å²) in [7, 11) is 0. The number of aliphatic hydroxyl groups is 1. The third-order valence-electron chi connectivity index (χ3n) is 14.9. The van der Waals surface area contributed by atoms with Crippen LogP contribution in [0.25, 0.3) is 6.08 Å². The largest absolute Gasteiger partial charge is 0.508 e. The molecule has 5 saturated carbocycles. The molecule has 1 aromatic carbocycles. The molecular formula is C39H54O6. The fourth-order valence-electron chi connectivity index (χ4n) is 12.6. The highest BCUT2D eigenvalue weighted by molar-refractivity contribution is 5.87. The summed E-state index contributed by atoms with van der Waals surface area (Å²) >= 11 is 0. The van der Waals surface area contributed by atoms with Crippen molar-refractivity contribution >= 4 is 18.0 Å². The number of aromatic hydroxyl groups is 1. The van der Waals surface area contributed by atoms with Crippen LogP contribution >= 0.6 is 0 Å². The Kier molecular flexibility index (Phi) is 7.90. The highest BCUT2D eigenvalue weighted by atomic mass is 16.5. The summed E-state index contributed by atoms with van der Waals surface area (Å²) in [6.07, 6.45) is 11.6. The van der Waals surface area contributed by atoms with Gasteiger partial charge in [-0.25, -0.2) is 4.79 Å². The molecule has 1 aromatic rings. The Morgan fingerprint density at radius 3 is 2.31 bits per heavy atom. The van der Waals surface area contributed by atoms with Crippen LogP contribution in [-0.2, 0) is 14.3 Å². The predicted molar refractivity (Wildman–Crippen MR) is 175 cm³/mol. The first-order chi connectivity index (χ1) is 21.1. The summed E-state index contributed by atoms with van der Waals surface area (Å²) in [6, 6.07) is 6.70. The molecule has 45 heavy (non-hydrogen) atoms. The minimum absolute atomic E-state index is 0.0135. The Labute approximate surface area is 269 Å². The predicted octanol–water partition coefficient (Wildman–Crippen LogP) is 8.03. The second-order valence-corrected chi connectivity index (χ2v) is 16.8. The van der Waals surface area contributed by atoms with E-state index in [-0.39, 0.29) is 57.2 Å². The average Bonchev–Trinajstić information content (AvgIpc) is 3.40. The molecule has 0 heterocycles. The van der Waals surface area contributed by atoms with Gasteiger partial charge in [-0.15, -0.1) is 0 Å². The number of esters is 1. The van der Waals surface area contributed by atoms with Crippen LogP contribution < -0.4 is 0 Å². The minimum Gasteiger partial charge on any atom is -0.508 e. The molecule has 0 radical (unpaired) electrons. The average molecular weight is 619 g/mol. The minimum atomic E-state index is -0.748. The van der Waals surface area contributed by atoms with Gasteiger partial charge in [0.05, 0.1) is 18.1 Å². The van der Waals surface area contributed by atoms with E-state index in [9.17, 15) is 24.9 Å². The Morgan fingerprint density at radius 2 is 1.64 bits per heavy atom. The van der Waals surface area contributed by atoms with Crippen molar-refractivity contribution in [3.8, 4) is 5.75 Å². The normalized spacial score (nSPS) is 43.4. The number of carbonyl (C=O) groups excluding carboxylic acids is 1. The van der Waals surface area contributed by atoms with E-state index >= 15 is 0 Å². The fraction of sp³-hybridized carbons (Fsp3) is 0.692. The van der Waals surface area contributed by atoms with Gasteiger partial charge in [0, 0.05) is 11.5 Å². The van der Waals surface area contributed by atoms with Crippen molar-refractivity contribution in [3.63, 3.8) is 0 Å². The second-order valence-electron chi connectivity index (χ2n) is 16.8. The van der Waals surface area contributed by atoms with E-state index in [1.165, 1.54) is 6.08 Å². The van der Waals surface area contributed by atoms with Gasteiger partial charge >= 0.3 is 11.9 Å². The molecule has 3 N–H and O–H groups in total. The number of carboxylic acid groups (broad SMARTS) is 1. The molecule has 5 aliphatic rings. The van der Waals surface area contributed by atoms with E-state index in [0.29, 0.717) is 31.3 Å². The second kappa shape index (κ2) is 11.0. The Hall–Kier alpha value is -2.60. The lowest BCUT2D eigenvalue weighted by atomic mass is 9.32. The van der Waals surface area contributed by atoms with Gasteiger partial charge in [-0.3, -0.25) is 4.79 Å². The number of phenolic OH excluding ortho intramolecular Hbond substituents is 1. The van der Waals surface area contributed by atoms with Crippen molar-refractivity contribution in [3.05, 3.63) is 48.1 Å². The number of rotatable bonds is 6.